The molecule has 3 rings (SSSR count). The lowest BCUT2D eigenvalue weighted by molar-refractivity contribution is -0.198. The molecule has 0 aliphatic rings. The molecule has 0 saturated carbocycles. The highest BCUT2D eigenvalue weighted by Gasteiger charge is 2.09. The number of nitrogens with one attached hydrogen (secondary N) is 1. The zero-order valence-corrected chi connectivity index (χ0v) is 13.8. The molecule has 0 radical (unpaired) electrons. The van der Waals surface area contributed by atoms with Gasteiger partial charge in [0, 0.05) is 0 Å². The fourth-order valence-electron chi connectivity index (χ4n) is 2.30. The van der Waals surface area contributed by atoms with Crippen LogP contribution in [-0.4, -0.2) is 30.8 Å². The fraction of sp³-hybridized carbons (Fsp3) is 0.214. The summed E-state index contributed by atoms with van der Waals surface area (Å²) in [4.78, 5) is 41.5. The molecular formula is C14H15N5O5P-. The number of benzene rings is 1. The monoisotopic (exact) mass is 364 g/mol. The van der Waals surface area contributed by atoms with Crippen LogP contribution in [0.1, 0.15) is 11.1 Å². The summed E-state index contributed by atoms with van der Waals surface area (Å²) in [7, 11) is -4.41. The standard InChI is InChI=1S/C14H16N5O5P/c15-14-17-12-11(13(20)18-14)16-7-19(12)5-9-1-3-10(4-2-9)6-24-8-25(21,22)23/h1-4,7H,5-6,8H2,(H2,21,22,23)(H3,15,17,18,20)/p-1. The Morgan fingerprint density at radius 3 is 2.68 bits per heavy atom. The third-order valence-corrected chi connectivity index (χ3v) is 3.90. The van der Waals surface area contributed by atoms with Crippen LogP contribution in [0.25, 0.3) is 11.2 Å². The highest BCUT2D eigenvalue weighted by atomic mass is 31.2. The SMILES string of the molecule is Nc1nc2c(ncn2Cc2ccc(COCP(=O)([O-])O)cc2)c(=O)[nH]1. The molecule has 0 aliphatic heterocycles. The minimum atomic E-state index is -4.41. The predicted molar refractivity (Wildman–Crippen MR) is 87.6 cm³/mol. The summed E-state index contributed by atoms with van der Waals surface area (Å²) in [5, 5.41) is 0. The number of aromatic amines is 1. The first-order chi connectivity index (χ1) is 11.8. The van der Waals surface area contributed by atoms with E-state index in [9.17, 15) is 14.3 Å². The van der Waals surface area contributed by atoms with Crippen LogP contribution >= 0.6 is 7.60 Å². The first-order valence-electron chi connectivity index (χ1n) is 7.21. The number of hydrogen-bond acceptors (Lipinski definition) is 7. The van der Waals surface area contributed by atoms with Gasteiger partial charge in [-0.3, -0.25) is 9.78 Å². The minimum Gasteiger partial charge on any atom is -0.777 e. The molecule has 25 heavy (non-hydrogen) atoms. The quantitative estimate of drug-likeness (QED) is 0.506. The van der Waals surface area contributed by atoms with E-state index < -0.39 is 19.5 Å². The first-order valence-corrected chi connectivity index (χ1v) is 8.97. The van der Waals surface area contributed by atoms with Crippen molar-refractivity contribution in [3.63, 3.8) is 0 Å². The molecule has 0 aliphatic carbocycles. The average Bonchev–Trinajstić information content (AvgIpc) is 2.91. The Morgan fingerprint density at radius 2 is 2.00 bits per heavy atom. The van der Waals surface area contributed by atoms with E-state index in [1.807, 2.05) is 12.1 Å². The van der Waals surface area contributed by atoms with Crippen LogP contribution in [0.5, 0.6) is 0 Å². The second kappa shape index (κ2) is 6.77. The second-order valence-electron chi connectivity index (χ2n) is 5.43. The molecule has 132 valence electrons. The number of ether oxygens (including phenoxy) is 1. The van der Waals surface area contributed by atoms with Crippen molar-refractivity contribution in [2.75, 3.05) is 12.1 Å². The lowest BCUT2D eigenvalue weighted by Crippen LogP contribution is -2.12. The van der Waals surface area contributed by atoms with Crippen LogP contribution < -0.4 is 16.2 Å². The number of imidazole rings is 1. The third kappa shape index (κ3) is 4.31. The van der Waals surface area contributed by atoms with Crippen LogP contribution in [-0.2, 0) is 22.5 Å². The van der Waals surface area contributed by atoms with E-state index in [4.69, 9.17) is 15.4 Å². The maximum Gasteiger partial charge on any atom is 0.280 e. The number of aromatic nitrogens is 4. The molecule has 2 aromatic heterocycles. The zero-order chi connectivity index (χ0) is 18.0. The Hall–Kier alpha value is -2.52. The molecule has 2 heterocycles. The van der Waals surface area contributed by atoms with Gasteiger partial charge in [0.15, 0.2) is 18.8 Å². The summed E-state index contributed by atoms with van der Waals surface area (Å²) >= 11 is 0. The normalized spacial score (nSPS) is 13.8. The van der Waals surface area contributed by atoms with Gasteiger partial charge in [-0.1, -0.05) is 24.3 Å². The Labute approximate surface area is 141 Å². The van der Waals surface area contributed by atoms with E-state index in [1.165, 1.54) is 6.33 Å². The lowest BCUT2D eigenvalue weighted by atomic mass is 10.1. The highest BCUT2D eigenvalue weighted by molar-refractivity contribution is 7.50. The van der Waals surface area contributed by atoms with Gasteiger partial charge in [0.2, 0.25) is 5.95 Å². The number of anilines is 1. The smallest absolute Gasteiger partial charge is 0.280 e. The molecule has 1 atom stereocenters. The van der Waals surface area contributed by atoms with Crippen molar-refractivity contribution in [1.82, 2.24) is 19.5 Å². The Balaban J connectivity index is 1.72. The molecule has 0 saturated heterocycles. The maximum atomic E-state index is 11.8. The van der Waals surface area contributed by atoms with Gasteiger partial charge in [-0.25, -0.2) is 4.98 Å². The predicted octanol–water partition coefficient (Wildman–Crippen LogP) is -0.230. The third-order valence-electron chi connectivity index (χ3n) is 3.39. The highest BCUT2D eigenvalue weighted by Crippen LogP contribution is 2.28. The summed E-state index contributed by atoms with van der Waals surface area (Å²) in [6.07, 6.45) is 0.786. The van der Waals surface area contributed by atoms with E-state index in [0.29, 0.717) is 12.2 Å². The Bertz CT molecular complexity index is 991. The van der Waals surface area contributed by atoms with Crippen molar-refractivity contribution in [1.29, 1.82) is 0 Å². The van der Waals surface area contributed by atoms with Crippen molar-refractivity contribution >= 4 is 24.7 Å². The molecule has 10 nitrogen and oxygen atoms in total. The van der Waals surface area contributed by atoms with Crippen molar-refractivity contribution in [2.45, 2.75) is 13.2 Å². The topological polar surface area (TPSA) is 159 Å². The van der Waals surface area contributed by atoms with Crippen molar-refractivity contribution < 1.29 is 19.1 Å². The lowest BCUT2D eigenvalue weighted by Gasteiger charge is -2.15. The van der Waals surface area contributed by atoms with Crippen molar-refractivity contribution in [3.8, 4) is 0 Å². The van der Waals surface area contributed by atoms with Crippen LogP contribution in [0.2, 0.25) is 0 Å². The number of nitrogen functional groups attached to an aromatic ring is 1. The fourth-order valence-corrected chi connectivity index (χ4v) is 2.62. The van der Waals surface area contributed by atoms with Gasteiger partial charge < -0.3 is 29.4 Å². The van der Waals surface area contributed by atoms with E-state index in [0.717, 1.165) is 11.1 Å². The van der Waals surface area contributed by atoms with Gasteiger partial charge in [-0.2, -0.15) is 4.98 Å². The van der Waals surface area contributed by atoms with Gasteiger partial charge in [0.25, 0.3) is 5.56 Å². The molecule has 1 aromatic carbocycles. The van der Waals surface area contributed by atoms with Gasteiger partial charge in [0.05, 0.1) is 19.5 Å². The number of fused-ring (bicyclic) bond motifs is 1. The minimum absolute atomic E-state index is 0.0197. The molecule has 4 N–H and O–H groups in total. The molecule has 0 fully saturated rings. The van der Waals surface area contributed by atoms with E-state index in [1.54, 1.807) is 16.7 Å². The zero-order valence-electron chi connectivity index (χ0n) is 13.0. The van der Waals surface area contributed by atoms with Gasteiger partial charge >= 0.3 is 0 Å². The van der Waals surface area contributed by atoms with Crippen LogP contribution in [0, 0.1) is 0 Å². The Kier molecular flexibility index (Phi) is 4.69. The summed E-state index contributed by atoms with van der Waals surface area (Å²) in [5.74, 6) is 0.0197. The van der Waals surface area contributed by atoms with Crippen LogP contribution in [0.15, 0.2) is 35.4 Å². The molecular weight excluding hydrogens is 349 g/mol. The second-order valence-corrected chi connectivity index (χ2v) is 6.96. The van der Waals surface area contributed by atoms with Gasteiger partial charge in [0.1, 0.15) is 6.35 Å². The number of nitrogens with zero attached hydrogens (tertiary/aromatic N) is 3. The van der Waals surface area contributed by atoms with E-state index in [2.05, 4.69) is 15.0 Å². The summed E-state index contributed by atoms with van der Waals surface area (Å²) < 4.78 is 17.2. The average molecular weight is 364 g/mol. The maximum absolute atomic E-state index is 11.8. The molecule has 11 heteroatoms. The Morgan fingerprint density at radius 1 is 1.32 bits per heavy atom. The summed E-state index contributed by atoms with van der Waals surface area (Å²) in [6.45, 7) is 0.495. The molecule has 0 spiro atoms. The van der Waals surface area contributed by atoms with Crippen molar-refractivity contribution in [2.24, 2.45) is 0 Å². The van der Waals surface area contributed by atoms with Gasteiger partial charge in [-0.05, 0) is 11.1 Å². The number of H-pyrrole nitrogens is 1. The molecule has 3 aromatic rings. The molecule has 0 bridgehead atoms. The van der Waals surface area contributed by atoms with E-state index in [-0.39, 0.29) is 18.1 Å². The van der Waals surface area contributed by atoms with E-state index >= 15 is 0 Å². The van der Waals surface area contributed by atoms with Crippen LogP contribution in [0.4, 0.5) is 5.95 Å². The van der Waals surface area contributed by atoms with Crippen molar-refractivity contribution in [3.05, 3.63) is 52.1 Å². The summed E-state index contributed by atoms with van der Waals surface area (Å²) in [5.41, 5.74) is 7.44. The molecule has 1 unspecified atom stereocenters. The number of nitrogens with two attached hydrogens (primary N) is 1. The summed E-state index contributed by atoms with van der Waals surface area (Å²) in [6, 6.07) is 7.21. The number of hydrogen-bond donors (Lipinski definition) is 3. The number of rotatable bonds is 6. The molecule has 0 amide bonds. The van der Waals surface area contributed by atoms with Crippen LogP contribution in [0.3, 0.4) is 0 Å². The van der Waals surface area contributed by atoms with Gasteiger partial charge in [-0.15, -0.1) is 0 Å². The first kappa shape index (κ1) is 17.3. The largest absolute Gasteiger partial charge is 0.777 e.